The Morgan fingerprint density at radius 3 is 2.18 bits per heavy atom. The highest BCUT2D eigenvalue weighted by Gasteiger charge is 2.23. The van der Waals surface area contributed by atoms with Crippen LogP contribution in [-0.4, -0.2) is 13.6 Å². The highest BCUT2D eigenvalue weighted by Crippen LogP contribution is 2.39. The number of thiocarbonyl (C=S) groups is 1. The van der Waals surface area contributed by atoms with E-state index in [2.05, 4.69) is 22.4 Å². The average molecular weight is 428 g/mol. The third-order valence-corrected chi connectivity index (χ3v) is 7.07. The van der Waals surface area contributed by atoms with Crippen LogP contribution in [0.1, 0.15) is 5.56 Å². The van der Waals surface area contributed by atoms with E-state index in [1.165, 1.54) is 17.8 Å². The van der Waals surface area contributed by atoms with Crippen LogP contribution in [-0.2, 0) is 9.84 Å². The molecular formula is C20H17N3O2S3. The molecule has 4 N–H and O–H groups in total. The molecule has 3 aromatic rings. The van der Waals surface area contributed by atoms with Crippen LogP contribution in [0.4, 0.5) is 17.1 Å². The molecule has 0 unspecified atom stereocenters. The maximum absolute atomic E-state index is 12.9. The number of hydrogen-bond donors (Lipinski definition) is 2. The molecule has 0 saturated heterocycles. The number of aryl methyl sites for hydroxylation is 1. The van der Waals surface area contributed by atoms with Gasteiger partial charge in [-0.15, -0.1) is 0 Å². The summed E-state index contributed by atoms with van der Waals surface area (Å²) in [4.78, 5) is 5.67. The van der Waals surface area contributed by atoms with Gasteiger partial charge in [-0.2, -0.15) is 4.99 Å². The van der Waals surface area contributed by atoms with Crippen molar-refractivity contribution in [3.05, 3.63) is 66.2 Å². The van der Waals surface area contributed by atoms with Gasteiger partial charge in [-0.05, 0) is 67.7 Å². The van der Waals surface area contributed by atoms with Gasteiger partial charge in [-0.3, -0.25) is 0 Å². The van der Waals surface area contributed by atoms with Gasteiger partial charge in [0.1, 0.15) is 0 Å². The van der Waals surface area contributed by atoms with Crippen LogP contribution in [0.5, 0.6) is 0 Å². The Kier molecular flexibility index (Phi) is 5.86. The van der Waals surface area contributed by atoms with Gasteiger partial charge in [0.15, 0.2) is 0 Å². The molecule has 142 valence electrons. The number of anilines is 2. The molecular weight excluding hydrogens is 410 g/mol. The molecule has 0 saturated carbocycles. The Morgan fingerprint density at radius 1 is 0.929 bits per heavy atom. The maximum Gasteiger partial charge on any atom is 0.208 e. The van der Waals surface area contributed by atoms with E-state index in [0.29, 0.717) is 10.6 Å². The summed E-state index contributed by atoms with van der Waals surface area (Å²) in [6, 6.07) is 17.1. The SMILES string of the molecule is Cc1ccc(S(=O)(=O)c2ccc(Sc3ccc(N=C=S)cc3)c(N)c2N)cc1. The van der Waals surface area contributed by atoms with Crippen molar-refractivity contribution in [2.24, 2.45) is 4.99 Å². The van der Waals surface area contributed by atoms with E-state index < -0.39 is 9.84 Å². The number of rotatable bonds is 5. The second-order valence-corrected chi connectivity index (χ2v) is 9.22. The van der Waals surface area contributed by atoms with Crippen LogP contribution in [0.15, 0.2) is 85.2 Å². The van der Waals surface area contributed by atoms with Gasteiger partial charge in [-0.1, -0.05) is 29.5 Å². The molecule has 8 heteroatoms. The molecule has 0 bridgehead atoms. The predicted molar refractivity (Wildman–Crippen MR) is 117 cm³/mol. The smallest absolute Gasteiger partial charge is 0.208 e. The summed E-state index contributed by atoms with van der Waals surface area (Å²) >= 11 is 5.97. The van der Waals surface area contributed by atoms with Crippen molar-refractivity contribution in [1.82, 2.24) is 0 Å². The van der Waals surface area contributed by atoms with Crippen molar-refractivity contribution >= 4 is 56.0 Å². The molecule has 0 fully saturated rings. The molecule has 0 amide bonds. The highest BCUT2D eigenvalue weighted by atomic mass is 32.2. The fourth-order valence-electron chi connectivity index (χ4n) is 2.53. The number of nitrogen functional groups attached to an aromatic ring is 2. The molecule has 0 atom stereocenters. The summed E-state index contributed by atoms with van der Waals surface area (Å²) in [5, 5.41) is 2.31. The monoisotopic (exact) mass is 427 g/mol. The van der Waals surface area contributed by atoms with E-state index >= 15 is 0 Å². The van der Waals surface area contributed by atoms with Gasteiger partial charge in [0.05, 0.1) is 32.0 Å². The first-order valence-corrected chi connectivity index (χ1v) is 10.9. The molecule has 28 heavy (non-hydrogen) atoms. The minimum absolute atomic E-state index is 0.00358. The second kappa shape index (κ2) is 8.16. The zero-order valence-electron chi connectivity index (χ0n) is 14.9. The number of sulfone groups is 1. The van der Waals surface area contributed by atoms with Crippen LogP contribution >= 0.6 is 24.0 Å². The van der Waals surface area contributed by atoms with Gasteiger partial charge in [0.2, 0.25) is 9.84 Å². The standard InChI is InChI=1S/C20H17N3O2S3/c1-13-2-8-16(9-3-13)28(24,25)18-11-10-17(19(21)20(18)22)27-15-6-4-14(5-7-15)23-12-26/h2-11H,21-22H2,1H3. The van der Waals surface area contributed by atoms with Crippen molar-refractivity contribution in [3.63, 3.8) is 0 Å². The summed E-state index contributed by atoms with van der Waals surface area (Å²) < 4.78 is 25.8. The summed E-state index contributed by atoms with van der Waals surface area (Å²) in [6.07, 6.45) is 0. The van der Waals surface area contributed by atoms with Crippen molar-refractivity contribution in [2.75, 3.05) is 11.5 Å². The lowest BCUT2D eigenvalue weighted by Gasteiger charge is -2.13. The molecule has 0 aliphatic carbocycles. The second-order valence-electron chi connectivity index (χ2n) is 6.00. The van der Waals surface area contributed by atoms with E-state index in [1.807, 2.05) is 19.1 Å². The van der Waals surface area contributed by atoms with Crippen molar-refractivity contribution in [2.45, 2.75) is 26.5 Å². The fraction of sp³-hybridized carbons (Fsp3) is 0.0500. The Balaban J connectivity index is 1.94. The van der Waals surface area contributed by atoms with Crippen LogP contribution in [0, 0.1) is 6.92 Å². The average Bonchev–Trinajstić information content (AvgIpc) is 2.67. The molecule has 0 aliphatic heterocycles. The normalized spacial score (nSPS) is 11.0. The lowest BCUT2D eigenvalue weighted by atomic mass is 10.2. The summed E-state index contributed by atoms with van der Waals surface area (Å²) in [7, 11) is -3.75. The highest BCUT2D eigenvalue weighted by molar-refractivity contribution is 7.99. The number of benzene rings is 3. The van der Waals surface area contributed by atoms with E-state index in [-0.39, 0.29) is 21.2 Å². The summed E-state index contributed by atoms with van der Waals surface area (Å²) in [6.45, 7) is 1.89. The minimum Gasteiger partial charge on any atom is -0.396 e. The van der Waals surface area contributed by atoms with E-state index in [1.54, 1.807) is 42.5 Å². The lowest BCUT2D eigenvalue weighted by Crippen LogP contribution is -2.08. The molecule has 0 radical (unpaired) electrons. The first-order valence-electron chi connectivity index (χ1n) is 8.18. The zero-order valence-corrected chi connectivity index (χ0v) is 17.4. The maximum atomic E-state index is 12.9. The zero-order chi connectivity index (χ0) is 20.3. The molecule has 3 aromatic carbocycles. The van der Waals surface area contributed by atoms with Gasteiger partial charge in [0.25, 0.3) is 0 Å². The first kappa shape index (κ1) is 20.1. The molecule has 0 heterocycles. The summed E-state index contributed by atoms with van der Waals surface area (Å²) in [5.41, 5.74) is 14.2. The third-order valence-electron chi connectivity index (χ3n) is 4.07. The van der Waals surface area contributed by atoms with Crippen LogP contribution < -0.4 is 11.5 Å². The lowest BCUT2D eigenvalue weighted by molar-refractivity contribution is 0.596. The quantitative estimate of drug-likeness (QED) is 0.342. The molecule has 0 spiro atoms. The van der Waals surface area contributed by atoms with Crippen molar-refractivity contribution in [1.29, 1.82) is 0 Å². The molecule has 0 aliphatic rings. The van der Waals surface area contributed by atoms with E-state index in [4.69, 9.17) is 11.5 Å². The fourth-order valence-corrected chi connectivity index (χ4v) is 4.91. The first-order chi connectivity index (χ1) is 13.3. The van der Waals surface area contributed by atoms with Crippen LogP contribution in [0.25, 0.3) is 0 Å². The Morgan fingerprint density at radius 2 is 1.57 bits per heavy atom. The predicted octanol–water partition coefficient (Wildman–Crippen LogP) is 4.88. The molecule has 5 nitrogen and oxygen atoms in total. The van der Waals surface area contributed by atoms with Gasteiger partial charge in [-0.25, -0.2) is 8.42 Å². The Labute approximate surface area is 173 Å². The van der Waals surface area contributed by atoms with Gasteiger partial charge in [0, 0.05) is 9.79 Å². The number of isothiocyanates is 1. The minimum atomic E-state index is -3.75. The van der Waals surface area contributed by atoms with E-state index in [9.17, 15) is 8.42 Å². The molecule has 0 aromatic heterocycles. The van der Waals surface area contributed by atoms with Gasteiger partial charge < -0.3 is 11.5 Å². The van der Waals surface area contributed by atoms with Gasteiger partial charge >= 0.3 is 0 Å². The third kappa shape index (κ3) is 4.10. The Hall–Kier alpha value is -2.64. The van der Waals surface area contributed by atoms with Crippen LogP contribution in [0.2, 0.25) is 0 Å². The molecule has 3 rings (SSSR count). The van der Waals surface area contributed by atoms with Crippen molar-refractivity contribution in [3.8, 4) is 0 Å². The van der Waals surface area contributed by atoms with E-state index in [0.717, 1.165) is 10.5 Å². The summed E-state index contributed by atoms with van der Waals surface area (Å²) in [5.74, 6) is 0. The topological polar surface area (TPSA) is 98.5 Å². The largest absolute Gasteiger partial charge is 0.396 e. The van der Waals surface area contributed by atoms with Crippen molar-refractivity contribution < 1.29 is 8.42 Å². The number of nitrogens with zero attached hydrogens (tertiary/aromatic N) is 1. The van der Waals surface area contributed by atoms with Crippen LogP contribution in [0.3, 0.4) is 0 Å². The number of aliphatic imine (C=N–C) groups is 1. The number of hydrogen-bond acceptors (Lipinski definition) is 7. The Bertz CT molecular complexity index is 1170. The number of nitrogens with two attached hydrogens (primary N) is 2.